The highest BCUT2D eigenvalue weighted by Crippen LogP contribution is 2.22. The molecule has 0 bridgehead atoms. The summed E-state index contributed by atoms with van der Waals surface area (Å²) in [5.74, 6) is 0. The van der Waals surface area contributed by atoms with Gasteiger partial charge in [-0.2, -0.15) is 0 Å². The molecule has 0 saturated carbocycles. The Labute approximate surface area is 125 Å². The van der Waals surface area contributed by atoms with Gasteiger partial charge in [0.15, 0.2) is 0 Å². The summed E-state index contributed by atoms with van der Waals surface area (Å²) in [6.07, 6.45) is 0. The topological polar surface area (TPSA) is 84.8 Å². The standard InChI is InChI=1S/C8H26O8Si4/c1-10-17(5)14-19(7,12-3)16-20(8,13-4)15-18(6,9)11-2/h9,17H,1-8H3. The first-order valence-electron chi connectivity index (χ1n) is 6.04. The molecule has 0 spiro atoms. The summed E-state index contributed by atoms with van der Waals surface area (Å²) in [6, 6.07) is 0. The van der Waals surface area contributed by atoms with Crippen molar-refractivity contribution in [1.29, 1.82) is 0 Å². The molecule has 0 radical (unpaired) electrons. The second-order valence-corrected chi connectivity index (χ2v) is 15.0. The van der Waals surface area contributed by atoms with Crippen LogP contribution in [-0.4, -0.2) is 68.9 Å². The lowest BCUT2D eigenvalue weighted by Gasteiger charge is -2.36. The van der Waals surface area contributed by atoms with E-state index in [1.807, 2.05) is 6.55 Å². The fourth-order valence-electron chi connectivity index (χ4n) is 1.29. The van der Waals surface area contributed by atoms with Gasteiger partial charge in [0, 0.05) is 48.1 Å². The first kappa shape index (κ1) is 20.5. The van der Waals surface area contributed by atoms with Crippen LogP contribution in [0.5, 0.6) is 0 Å². The molecule has 0 aromatic heterocycles. The molecule has 0 rings (SSSR count). The second kappa shape index (κ2) is 8.25. The summed E-state index contributed by atoms with van der Waals surface area (Å²) in [7, 11) is -5.36. The van der Waals surface area contributed by atoms with Gasteiger partial charge in [0.05, 0.1) is 0 Å². The predicted molar refractivity (Wildman–Crippen MR) is 81.4 cm³/mol. The zero-order chi connectivity index (χ0) is 16.0. The molecule has 20 heavy (non-hydrogen) atoms. The Morgan fingerprint density at radius 3 is 1.65 bits per heavy atom. The van der Waals surface area contributed by atoms with Crippen LogP contribution in [0.25, 0.3) is 0 Å². The van der Waals surface area contributed by atoms with E-state index in [0.29, 0.717) is 0 Å². The zero-order valence-electron chi connectivity index (χ0n) is 13.4. The molecule has 8 nitrogen and oxygen atoms in total. The van der Waals surface area contributed by atoms with Crippen molar-refractivity contribution in [2.24, 2.45) is 0 Å². The first-order valence-corrected chi connectivity index (χ1v) is 14.8. The van der Waals surface area contributed by atoms with Gasteiger partial charge in [-0.3, -0.25) is 0 Å². The SMILES string of the molecule is CO[SiH](C)O[Si](C)(OC)O[Si](C)(OC)O[Si](C)(O)OC. The molecule has 4 atom stereocenters. The molecule has 0 amide bonds. The third-order valence-corrected chi connectivity index (χ3v) is 14.5. The van der Waals surface area contributed by atoms with Crippen molar-refractivity contribution in [3.05, 3.63) is 0 Å². The van der Waals surface area contributed by atoms with E-state index in [1.165, 1.54) is 27.9 Å². The summed E-state index contributed by atoms with van der Waals surface area (Å²) in [6.45, 7) is 6.73. The quantitative estimate of drug-likeness (QED) is 0.551. The van der Waals surface area contributed by atoms with Crippen molar-refractivity contribution in [1.82, 2.24) is 0 Å². The highest BCUT2D eigenvalue weighted by Gasteiger charge is 2.51. The summed E-state index contributed by atoms with van der Waals surface area (Å²) in [4.78, 5) is 9.97. The Balaban J connectivity index is 4.96. The Bertz CT molecular complexity index is 296. The van der Waals surface area contributed by atoms with Gasteiger partial charge in [-0.25, -0.2) is 0 Å². The van der Waals surface area contributed by atoms with Crippen LogP contribution in [0.1, 0.15) is 0 Å². The molecule has 0 aliphatic carbocycles. The van der Waals surface area contributed by atoms with E-state index in [1.54, 1.807) is 20.2 Å². The lowest BCUT2D eigenvalue weighted by atomic mass is 11.8. The number of hydrogen-bond donors (Lipinski definition) is 1. The summed E-state index contributed by atoms with van der Waals surface area (Å²) < 4.78 is 38.0. The minimum absolute atomic E-state index is 1.38. The minimum Gasteiger partial charge on any atom is -0.400 e. The highest BCUT2D eigenvalue weighted by atomic mass is 28.5. The van der Waals surface area contributed by atoms with Gasteiger partial charge in [-0.1, -0.05) is 0 Å². The maximum atomic E-state index is 9.97. The molecule has 0 aromatic rings. The van der Waals surface area contributed by atoms with Crippen LogP contribution in [-0.2, 0) is 30.0 Å². The largest absolute Gasteiger partial charge is 0.487 e. The minimum atomic E-state index is -3.29. The maximum Gasteiger partial charge on any atom is 0.487 e. The molecule has 0 heterocycles. The van der Waals surface area contributed by atoms with Crippen molar-refractivity contribution in [2.45, 2.75) is 26.2 Å². The van der Waals surface area contributed by atoms with Gasteiger partial charge >= 0.3 is 35.7 Å². The van der Waals surface area contributed by atoms with Crippen LogP contribution < -0.4 is 0 Å². The Hall–Kier alpha value is 0.548. The van der Waals surface area contributed by atoms with Gasteiger partial charge < -0.3 is 34.8 Å². The van der Waals surface area contributed by atoms with E-state index in [-0.39, 0.29) is 0 Å². The zero-order valence-corrected chi connectivity index (χ0v) is 17.5. The van der Waals surface area contributed by atoms with Gasteiger partial charge in [0.25, 0.3) is 0 Å². The van der Waals surface area contributed by atoms with Crippen molar-refractivity contribution in [3.8, 4) is 0 Å². The maximum absolute atomic E-state index is 9.97. The van der Waals surface area contributed by atoms with Crippen molar-refractivity contribution < 1.29 is 34.8 Å². The smallest absolute Gasteiger partial charge is 0.400 e. The van der Waals surface area contributed by atoms with E-state index >= 15 is 0 Å². The van der Waals surface area contributed by atoms with E-state index in [0.717, 1.165) is 0 Å². The van der Waals surface area contributed by atoms with Crippen LogP contribution in [0.4, 0.5) is 0 Å². The lowest BCUT2D eigenvalue weighted by Crippen LogP contribution is -2.60. The van der Waals surface area contributed by atoms with Crippen LogP contribution in [0.15, 0.2) is 0 Å². The molecule has 1 N–H and O–H groups in total. The second-order valence-electron chi connectivity index (χ2n) is 4.36. The van der Waals surface area contributed by atoms with E-state index < -0.39 is 35.7 Å². The van der Waals surface area contributed by atoms with Crippen molar-refractivity contribution in [3.63, 3.8) is 0 Å². The average Bonchev–Trinajstić information content (AvgIpc) is 2.37. The molecule has 0 aromatic carbocycles. The van der Waals surface area contributed by atoms with Gasteiger partial charge in [0.1, 0.15) is 0 Å². The van der Waals surface area contributed by atoms with Crippen molar-refractivity contribution in [2.75, 3.05) is 28.4 Å². The summed E-state index contributed by atoms with van der Waals surface area (Å²) in [5, 5.41) is 0. The number of rotatable bonds is 10. The normalized spacial score (nSPS) is 22.6. The monoisotopic (exact) mass is 362 g/mol. The molecule has 0 saturated heterocycles. The fraction of sp³-hybridized carbons (Fsp3) is 1.00. The molecule has 0 fully saturated rings. The molecule has 122 valence electrons. The first-order chi connectivity index (χ1) is 9.05. The fourth-order valence-corrected chi connectivity index (χ4v) is 12.4. The molecule has 0 aliphatic heterocycles. The van der Waals surface area contributed by atoms with Gasteiger partial charge in [-0.05, 0) is 6.55 Å². The third kappa shape index (κ3) is 7.01. The van der Waals surface area contributed by atoms with Crippen LogP contribution in [0, 0.1) is 0 Å². The predicted octanol–water partition coefficient (Wildman–Crippen LogP) is 0.171. The number of hydrogen-bond acceptors (Lipinski definition) is 8. The Kier molecular flexibility index (Phi) is 8.48. The molecule has 0 aliphatic rings. The molecular weight excluding hydrogens is 336 g/mol. The molecule has 4 unspecified atom stereocenters. The van der Waals surface area contributed by atoms with Crippen LogP contribution in [0.3, 0.4) is 0 Å². The lowest BCUT2D eigenvalue weighted by molar-refractivity contribution is 0.0978. The van der Waals surface area contributed by atoms with Gasteiger partial charge in [0.2, 0.25) is 0 Å². The van der Waals surface area contributed by atoms with Crippen molar-refractivity contribution >= 4 is 35.7 Å². The molecular formula is C8H26O8Si4. The third-order valence-electron chi connectivity index (χ3n) is 2.58. The van der Waals surface area contributed by atoms with E-state index in [9.17, 15) is 4.80 Å². The highest BCUT2D eigenvalue weighted by molar-refractivity contribution is 6.80. The van der Waals surface area contributed by atoms with E-state index in [4.69, 9.17) is 30.0 Å². The Morgan fingerprint density at radius 1 is 0.800 bits per heavy atom. The summed E-state index contributed by atoms with van der Waals surface area (Å²) >= 11 is 0. The Morgan fingerprint density at radius 2 is 1.30 bits per heavy atom. The van der Waals surface area contributed by atoms with Crippen LogP contribution >= 0.6 is 0 Å². The van der Waals surface area contributed by atoms with E-state index in [2.05, 4.69) is 0 Å². The van der Waals surface area contributed by atoms with Gasteiger partial charge in [-0.15, -0.1) is 0 Å². The van der Waals surface area contributed by atoms with Crippen LogP contribution in [0.2, 0.25) is 26.2 Å². The average molecular weight is 363 g/mol. The molecule has 12 heteroatoms. The summed E-state index contributed by atoms with van der Waals surface area (Å²) in [5.41, 5.74) is 0.